The van der Waals surface area contributed by atoms with Crippen LogP contribution in [-0.4, -0.2) is 42.9 Å². The zero-order chi connectivity index (χ0) is 16.8. The molecule has 2 heterocycles. The van der Waals surface area contributed by atoms with E-state index in [9.17, 15) is 4.79 Å². The Hall–Kier alpha value is -2.47. The molecule has 126 valence electrons. The molecule has 0 atom stereocenters. The molecule has 1 amide bonds. The van der Waals surface area contributed by atoms with E-state index in [0.717, 1.165) is 31.7 Å². The second-order valence-electron chi connectivity index (χ2n) is 5.82. The molecule has 6 nitrogen and oxygen atoms in total. The molecule has 0 aliphatic carbocycles. The number of carbonyl (C=O) groups is 1. The lowest BCUT2D eigenvalue weighted by Crippen LogP contribution is -2.31. The summed E-state index contributed by atoms with van der Waals surface area (Å²) in [4.78, 5) is 14.2. The number of carbonyl (C=O) groups excluding carboxylic acids is 1. The molecule has 0 saturated heterocycles. The number of anilines is 1. The van der Waals surface area contributed by atoms with Gasteiger partial charge in [0.15, 0.2) is 11.5 Å². The predicted molar refractivity (Wildman–Crippen MR) is 92.1 cm³/mol. The molecule has 2 aromatic rings. The van der Waals surface area contributed by atoms with Crippen LogP contribution in [-0.2, 0) is 17.7 Å². The van der Waals surface area contributed by atoms with Gasteiger partial charge in [-0.2, -0.15) is 0 Å². The number of amides is 1. The van der Waals surface area contributed by atoms with Crippen LogP contribution >= 0.6 is 0 Å². The highest BCUT2D eigenvalue weighted by molar-refractivity contribution is 5.92. The van der Waals surface area contributed by atoms with Crippen molar-refractivity contribution < 1.29 is 9.53 Å². The van der Waals surface area contributed by atoms with Crippen LogP contribution in [0.3, 0.4) is 0 Å². The Morgan fingerprint density at radius 3 is 2.79 bits per heavy atom. The molecule has 1 aliphatic rings. The van der Waals surface area contributed by atoms with Gasteiger partial charge in [-0.1, -0.05) is 24.3 Å². The van der Waals surface area contributed by atoms with Gasteiger partial charge in [0, 0.05) is 33.4 Å². The minimum absolute atomic E-state index is 0.200. The van der Waals surface area contributed by atoms with E-state index >= 15 is 0 Å². The third kappa shape index (κ3) is 3.89. The highest BCUT2D eigenvalue weighted by Crippen LogP contribution is 2.22. The Bertz CT molecular complexity index is 688. The first-order valence-electron chi connectivity index (χ1n) is 8.20. The lowest BCUT2D eigenvalue weighted by Gasteiger charge is -2.29. The topological polar surface area (TPSA) is 67.3 Å². The number of hydrogen-bond acceptors (Lipinski definition) is 5. The first-order valence-corrected chi connectivity index (χ1v) is 8.20. The average molecular weight is 326 g/mol. The first kappa shape index (κ1) is 16.4. The number of benzene rings is 1. The highest BCUT2D eigenvalue weighted by Gasteiger charge is 2.18. The van der Waals surface area contributed by atoms with E-state index in [1.54, 1.807) is 13.2 Å². The summed E-state index contributed by atoms with van der Waals surface area (Å²) in [5.74, 6) is 0.606. The van der Waals surface area contributed by atoms with Crippen molar-refractivity contribution in [2.24, 2.45) is 0 Å². The minimum Gasteiger partial charge on any atom is -0.385 e. The average Bonchev–Trinajstić information content (AvgIpc) is 2.65. The molecule has 0 radical (unpaired) electrons. The summed E-state index contributed by atoms with van der Waals surface area (Å²) >= 11 is 0. The summed E-state index contributed by atoms with van der Waals surface area (Å²) in [6, 6.07) is 12.1. The van der Waals surface area contributed by atoms with E-state index in [1.165, 1.54) is 11.1 Å². The zero-order valence-corrected chi connectivity index (χ0v) is 13.9. The summed E-state index contributed by atoms with van der Waals surface area (Å²) in [5.41, 5.74) is 3.06. The first-order chi connectivity index (χ1) is 11.8. The van der Waals surface area contributed by atoms with E-state index in [2.05, 4.69) is 44.7 Å². The molecule has 1 aromatic heterocycles. The van der Waals surface area contributed by atoms with E-state index in [1.807, 2.05) is 6.07 Å². The monoisotopic (exact) mass is 326 g/mol. The summed E-state index contributed by atoms with van der Waals surface area (Å²) in [5, 5.41) is 11.1. The number of nitrogens with one attached hydrogen (secondary N) is 1. The van der Waals surface area contributed by atoms with Gasteiger partial charge in [-0.25, -0.2) is 0 Å². The van der Waals surface area contributed by atoms with E-state index < -0.39 is 0 Å². The van der Waals surface area contributed by atoms with Gasteiger partial charge in [0.25, 0.3) is 5.91 Å². The predicted octanol–water partition coefficient (Wildman–Crippen LogP) is 1.81. The lowest BCUT2D eigenvalue weighted by atomic mass is 10.00. The summed E-state index contributed by atoms with van der Waals surface area (Å²) < 4.78 is 4.95. The van der Waals surface area contributed by atoms with Crippen LogP contribution < -0.4 is 10.2 Å². The zero-order valence-electron chi connectivity index (χ0n) is 13.9. The maximum atomic E-state index is 12.0. The van der Waals surface area contributed by atoms with Crippen molar-refractivity contribution >= 4 is 11.7 Å². The van der Waals surface area contributed by atoms with Gasteiger partial charge < -0.3 is 15.0 Å². The third-order valence-electron chi connectivity index (χ3n) is 4.15. The molecule has 0 fully saturated rings. The van der Waals surface area contributed by atoms with Crippen molar-refractivity contribution in [2.75, 3.05) is 31.7 Å². The summed E-state index contributed by atoms with van der Waals surface area (Å²) in [6.07, 6.45) is 1.78. The molecule has 24 heavy (non-hydrogen) atoms. The van der Waals surface area contributed by atoms with E-state index in [4.69, 9.17) is 4.74 Å². The Kier molecular flexibility index (Phi) is 5.38. The van der Waals surface area contributed by atoms with Gasteiger partial charge in [-0.3, -0.25) is 4.79 Å². The normalized spacial score (nSPS) is 13.5. The second kappa shape index (κ2) is 7.88. The Balaban J connectivity index is 1.60. The van der Waals surface area contributed by atoms with Crippen LogP contribution in [0.2, 0.25) is 0 Å². The van der Waals surface area contributed by atoms with Crippen LogP contribution in [0, 0.1) is 0 Å². The van der Waals surface area contributed by atoms with Gasteiger partial charge >= 0.3 is 0 Å². The molecular formula is C18H22N4O2. The van der Waals surface area contributed by atoms with Crippen LogP contribution in [0.4, 0.5) is 5.82 Å². The van der Waals surface area contributed by atoms with Gasteiger partial charge in [0.2, 0.25) is 0 Å². The van der Waals surface area contributed by atoms with Crippen molar-refractivity contribution in [3.05, 3.63) is 53.2 Å². The van der Waals surface area contributed by atoms with Gasteiger partial charge in [-0.15, -0.1) is 10.2 Å². The molecule has 0 bridgehead atoms. The molecule has 0 spiro atoms. The second-order valence-corrected chi connectivity index (χ2v) is 5.82. The number of rotatable bonds is 6. The Morgan fingerprint density at radius 1 is 1.21 bits per heavy atom. The van der Waals surface area contributed by atoms with Gasteiger partial charge in [-0.05, 0) is 36.1 Å². The van der Waals surface area contributed by atoms with E-state index in [-0.39, 0.29) is 5.91 Å². The summed E-state index contributed by atoms with van der Waals surface area (Å²) in [6.45, 7) is 2.93. The standard InChI is InChI=1S/C18H22N4O2/c1-24-12-4-10-19-18(23)16-7-8-17(21-20-16)22-11-9-14-5-2-3-6-15(14)13-22/h2-3,5-8H,4,9-13H2,1H3,(H,19,23). The number of hydrogen-bond donors (Lipinski definition) is 1. The fourth-order valence-corrected chi connectivity index (χ4v) is 2.82. The maximum Gasteiger partial charge on any atom is 0.271 e. The van der Waals surface area contributed by atoms with Crippen molar-refractivity contribution in [3.63, 3.8) is 0 Å². The number of aromatic nitrogens is 2. The Morgan fingerprint density at radius 2 is 2.04 bits per heavy atom. The fourth-order valence-electron chi connectivity index (χ4n) is 2.82. The van der Waals surface area contributed by atoms with Gasteiger partial charge in [0.1, 0.15) is 0 Å². The SMILES string of the molecule is COCCCNC(=O)c1ccc(N2CCc3ccccc3C2)nn1. The third-order valence-corrected chi connectivity index (χ3v) is 4.15. The van der Waals surface area contributed by atoms with Crippen LogP contribution in [0.1, 0.15) is 28.0 Å². The largest absolute Gasteiger partial charge is 0.385 e. The maximum absolute atomic E-state index is 12.0. The van der Waals surface area contributed by atoms with Crippen molar-refractivity contribution in [1.82, 2.24) is 15.5 Å². The van der Waals surface area contributed by atoms with E-state index in [0.29, 0.717) is 18.8 Å². The van der Waals surface area contributed by atoms with Crippen LogP contribution in [0.5, 0.6) is 0 Å². The van der Waals surface area contributed by atoms with Crippen molar-refractivity contribution in [2.45, 2.75) is 19.4 Å². The smallest absolute Gasteiger partial charge is 0.271 e. The quantitative estimate of drug-likeness (QED) is 0.820. The molecule has 0 saturated carbocycles. The van der Waals surface area contributed by atoms with Crippen LogP contribution in [0.25, 0.3) is 0 Å². The summed E-state index contributed by atoms with van der Waals surface area (Å²) in [7, 11) is 1.64. The minimum atomic E-state index is -0.200. The number of methoxy groups -OCH3 is 1. The van der Waals surface area contributed by atoms with Crippen molar-refractivity contribution in [3.8, 4) is 0 Å². The highest BCUT2D eigenvalue weighted by atomic mass is 16.5. The Labute approximate surface area is 141 Å². The fraction of sp³-hybridized carbons (Fsp3) is 0.389. The molecule has 1 aliphatic heterocycles. The van der Waals surface area contributed by atoms with Crippen LogP contribution in [0.15, 0.2) is 36.4 Å². The molecule has 3 rings (SSSR count). The van der Waals surface area contributed by atoms with Crippen molar-refractivity contribution in [1.29, 1.82) is 0 Å². The number of fused-ring (bicyclic) bond motifs is 1. The molecule has 6 heteroatoms. The molecule has 1 aromatic carbocycles. The molecular weight excluding hydrogens is 304 g/mol. The van der Waals surface area contributed by atoms with Gasteiger partial charge in [0.05, 0.1) is 0 Å². The molecule has 1 N–H and O–H groups in total. The molecule has 0 unspecified atom stereocenters. The number of ether oxygens (including phenoxy) is 1. The number of nitrogens with zero attached hydrogens (tertiary/aromatic N) is 3. The lowest BCUT2D eigenvalue weighted by molar-refractivity contribution is 0.0942.